The standard InChI is InChI=1S/C18H16ClFN4O/c1-25-12-5-2-4-11(8-12)15-9-16(24-18(23-15)21-10-22-24)17-13(19)6-3-7-14(17)20/h2-8,10,15-16H,9H2,1H3,(H,21,22,23)/t15-,16-/m1/s1. The average molecular weight is 359 g/mol. The van der Waals surface area contributed by atoms with Crippen molar-refractivity contribution in [1.29, 1.82) is 0 Å². The van der Waals surface area contributed by atoms with Crippen molar-refractivity contribution in [1.82, 2.24) is 14.8 Å². The van der Waals surface area contributed by atoms with Gasteiger partial charge in [-0.05, 0) is 36.2 Å². The number of halogens is 2. The fourth-order valence-corrected chi connectivity index (χ4v) is 3.56. The molecule has 0 amide bonds. The number of ether oxygens (including phenoxy) is 1. The van der Waals surface area contributed by atoms with Crippen molar-refractivity contribution in [3.8, 4) is 5.75 Å². The van der Waals surface area contributed by atoms with Gasteiger partial charge in [-0.15, -0.1) is 0 Å². The first kappa shape index (κ1) is 15.9. The Bertz CT molecular complexity index is 893. The summed E-state index contributed by atoms with van der Waals surface area (Å²) in [5, 5.41) is 7.99. The number of fused-ring (bicyclic) bond motifs is 1. The summed E-state index contributed by atoms with van der Waals surface area (Å²) in [5.41, 5.74) is 1.47. The van der Waals surface area contributed by atoms with E-state index in [1.807, 2.05) is 24.3 Å². The Morgan fingerprint density at radius 1 is 1.28 bits per heavy atom. The Balaban J connectivity index is 1.78. The van der Waals surface area contributed by atoms with Gasteiger partial charge in [0.15, 0.2) is 0 Å². The maximum atomic E-state index is 14.5. The third kappa shape index (κ3) is 2.82. The highest BCUT2D eigenvalue weighted by Crippen LogP contribution is 2.40. The second-order valence-corrected chi connectivity index (χ2v) is 6.30. The molecule has 0 unspecified atom stereocenters. The topological polar surface area (TPSA) is 52.0 Å². The molecule has 0 saturated carbocycles. The van der Waals surface area contributed by atoms with Crippen LogP contribution in [0.2, 0.25) is 5.02 Å². The van der Waals surface area contributed by atoms with E-state index in [4.69, 9.17) is 16.3 Å². The van der Waals surface area contributed by atoms with Crippen LogP contribution in [0.1, 0.15) is 29.6 Å². The molecule has 0 radical (unpaired) electrons. The maximum Gasteiger partial charge on any atom is 0.222 e. The van der Waals surface area contributed by atoms with Gasteiger partial charge in [-0.3, -0.25) is 0 Å². The molecule has 2 aromatic carbocycles. The lowest BCUT2D eigenvalue weighted by molar-refractivity contribution is 0.406. The highest BCUT2D eigenvalue weighted by atomic mass is 35.5. The zero-order chi connectivity index (χ0) is 17.4. The fraction of sp³-hybridized carbons (Fsp3) is 0.222. The summed E-state index contributed by atoms with van der Waals surface area (Å²) in [6, 6.07) is 12.1. The van der Waals surface area contributed by atoms with Crippen molar-refractivity contribution in [3.05, 3.63) is 70.8 Å². The van der Waals surface area contributed by atoms with Gasteiger partial charge in [-0.25, -0.2) is 9.07 Å². The summed E-state index contributed by atoms with van der Waals surface area (Å²) in [4.78, 5) is 4.25. The molecule has 2 heterocycles. The van der Waals surface area contributed by atoms with E-state index in [0.29, 0.717) is 23.0 Å². The van der Waals surface area contributed by atoms with Crippen LogP contribution in [0.4, 0.5) is 10.3 Å². The number of benzene rings is 2. The third-order valence-electron chi connectivity index (χ3n) is 4.46. The minimum Gasteiger partial charge on any atom is -0.497 e. The van der Waals surface area contributed by atoms with Gasteiger partial charge >= 0.3 is 0 Å². The summed E-state index contributed by atoms with van der Waals surface area (Å²) in [7, 11) is 1.63. The monoisotopic (exact) mass is 358 g/mol. The van der Waals surface area contributed by atoms with Crippen LogP contribution in [0, 0.1) is 5.82 Å². The lowest BCUT2D eigenvalue weighted by Crippen LogP contribution is -2.28. The van der Waals surface area contributed by atoms with Crippen LogP contribution >= 0.6 is 11.6 Å². The van der Waals surface area contributed by atoms with Crippen LogP contribution in [0.3, 0.4) is 0 Å². The molecule has 1 N–H and O–H groups in total. The highest BCUT2D eigenvalue weighted by molar-refractivity contribution is 6.31. The van der Waals surface area contributed by atoms with E-state index in [-0.39, 0.29) is 17.9 Å². The summed E-state index contributed by atoms with van der Waals surface area (Å²) < 4.78 is 21.5. The lowest BCUT2D eigenvalue weighted by Gasteiger charge is -2.32. The van der Waals surface area contributed by atoms with Gasteiger partial charge in [0.25, 0.3) is 0 Å². The van der Waals surface area contributed by atoms with Crippen molar-refractivity contribution >= 4 is 17.5 Å². The first-order valence-electron chi connectivity index (χ1n) is 7.91. The normalized spacial score (nSPS) is 19.2. The average Bonchev–Trinajstić information content (AvgIpc) is 3.10. The van der Waals surface area contributed by atoms with Gasteiger partial charge in [0.2, 0.25) is 5.95 Å². The predicted octanol–water partition coefficient (Wildman–Crippen LogP) is 4.23. The van der Waals surface area contributed by atoms with E-state index in [2.05, 4.69) is 15.4 Å². The zero-order valence-electron chi connectivity index (χ0n) is 13.5. The van der Waals surface area contributed by atoms with E-state index < -0.39 is 0 Å². The quantitative estimate of drug-likeness (QED) is 0.761. The molecule has 1 aromatic heterocycles. The molecule has 0 bridgehead atoms. The predicted molar refractivity (Wildman–Crippen MR) is 93.5 cm³/mol. The number of anilines is 1. The largest absolute Gasteiger partial charge is 0.497 e. The molecular weight excluding hydrogens is 343 g/mol. The molecule has 0 aliphatic carbocycles. The van der Waals surface area contributed by atoms with Gasteiger partial charge in [-0.1, -0.05) is 29.8 Å². The molecule has 7 heteroatoms. The van der Waals surface area contributed by atoms with Crippen LogP contribution in [0.5, 0.6) is 5.75 Å². The number of hydrogen-bond donors (Lipinski definition) is 1. The Labute approximate surface area is 149 Å². The second kappa shape index (κ2) is 6.37. The molecule has 1 aliphatic heterocycles. The number of hydrogen-bond acceptors (Lipinski definition) is 4. The van der Waals surface area contributed by atoms with E-state index in [1.165, 1.54) is 12.4 Å². The molecule has 1 aliphatic rings. The van der Waals surface area contributed by atoms with Crippen molar-refractivity contribution in [2.45, 2.75) is 18.5 Å². The van der Waals surface area contributed by atoms with E-state index >= 15 is 0 Å². The SMILES string of the molecule is COc1cccc([C@H]2C[C@H](c3c(F)cccc3Cl)n3ncnc3N2)c1. The number of nitrogens with zero attached hydrogens (tertiary/aromatic N) is 3. The Morgan fingerprint density at radius 3 is 2.92 bits per heavy atom. The Hall–Kier alpha value is -2.60. The minimum absolute atomic E-state index is 0.0625. The van der Waals surface area contributed by atoms with Gasteiger partial charge in [-0.2, -0.15) is 10.1 Å². The van der Waals surface area contributed by atoms with Crippen LogP contribution < -0.4 is 10.1 Å². The van der Waals surface area contributed by atoms with Gasteiger partial charge in [0, 0.05) is 10.6 Å². The summed E-state index contributed by atoms with van der Waals surface area (Å²) in [6.07, 6.45) is 2.04. The molecule has 25 heavy (non-hydrogen) atoms. The fourth-order valence-electron chi connectivity index (χ4n) is 3.27. The molecule has 5 nitrogen and oxygen atoms in total. The van der Waals surface area contributed by atoms with Crippen molar-refractivity contribution in [2.75, 3.05) is 12.4 Å². The molecule has 128 valence electrons. The molecule has 2 atom stereocenters. The molecule has 0 saturated heterocycles. The number of methoxy groups -OCH3 is 1. The second-order valence-electron chi connectivity index (χ2n) is 5.89. The van der Waals surface area contributed by atoms with Crippen LogP contribution in [-0.2, 0) is 0 Å². The first-order valence-corrected chi connectivity index (χ1v) is 8.29. The molecule has 4 rings (SSSR count). The molecular formula is C18H16ClFN4O. The first-order chi connectivity index (χ1) is 12.2. The van der Waals surface area contributed by atoms with Crippen LogP contribution in [-0.4, -0.2) is 21.9 Å². The number of nitrogens with one attached hydrogen (secondary N) is 1. The zero-order valence-corrected chi connectivity index (χ0v) is 14.2. The van der Waals surface area contributed by atoms with Gasteiger partial charge in [0.1, 0.15) is 17.9 Å². The summed E-state index contributed by atoms with van der Waals surface area (Å²) in [6.45, 7) is 0. The van der Waals surface area contributed by atoms with Gasteiger partial charge < -0.3 is 10.1 Å². The van der Waals surface area contributed by atoms with E-state index in [0.717, 1.165) is 11.3 Å². The van der Waals surface area contributed by atoms with Crippen molar-refractivity contribution in [3.63, 3.8) is 0 Å². The van der Waals surface area contributed by atoms with Gasteiger partial charge in [0.05, 0.1) is 19.2 Å². The van der Waals surface area contributed by atoms with E-state index in [1.54, 1.807) is 23.9 Å². The Kier molecular flexibility index (Phi) is 4.05. The lowest BCUT2D eigenvalue weighted by atomic mass is 9.93. The van der Waals surface area contributed by atoms with E-state index in [9.17, 15) is 4.39 Å². The Morgan fingerprint density at radius 2 is 2.12 bits per heavy atom. The maximum absolute atomic E-state index is 14.5. The van der Waals surface area contributed by atoms with Crippen LogP contribution in [0.25, 0.3) is 0 Å². The smallest absolute Gasteiger partial charge is 0.222 e. The van der Waals surface area contributed by atoms with Crippen molar-refractivity contribution in [2.24, 2.45) is 0 Å². The highest BCUT2D eigenvalue weighted by Gasteiger charge is 2.32. The van der Waals surface area contributed by atoms with Crippen molar-refractivity contribution < 1.29 is 9.13 Å². The third-order valence-corrected chi connectivity index (χ3v) is 4.79. The van der Waals surface area contributed by atoms with Crippen LogP contribution in [0.15, 0.2) is 48.8 Å². The summed E-state index contributed by atoms with van der Waals surface area (Å²) >= 11 is 6.30. The summed E-state index contributed by atoms with van der Waals surface area (Å²) in [5.74, 6) is 1.01. The number of rotatable bonds is 3. The minimum atomic E-state index is -0.344. The molecule has 0 spiro atoms. The molecule has 3 aromatic rings. The molecule has 0 fully saturated rings. The number of aromatic nitrogens is 3.